The Morgan fingerprint density at radius 2 is 1.66 bits per heavy atom. The smallest absolute Gasteiger partial charge is 0.282 e. The van der Waals surface area contributed by atoms with Gasteiger partial charge in [-0.15, -0.1) is 11.3 Å². The lowest BCUT2D eigenvalue weighted by Gasteiger charge is -2.16. The van der Waals surface area contributed by atoms with Crippen molar-refractivity contribution in [2.75, 3.05) is 10.2 Å². The van der Waals surface area contributed by atoms with Gasteiger partial charge >= 0.3 is 0 Å². The summed E-state index contributed by atoms with van der Waals surface area (Å²) < 4.78 is 0. The summed E-state index contributed by atoms with van der Waals surface area (Å²) in [6, 6.07) is 14.2. The minimum Gasteiger partial charge on any atom is -0.350 e. The van der Waals surface area contributed by atoms with Crippen molar-refractivity contribution in [3.05, 3.63) is 85.7 Å². The molecule has 0 bridgehead atoms. The van der Waals surface area contributed by atoms with E-state index >= 15 is 0 Å². The molecule has 0 aliphatic carbocycles. The van der Waals surface area contributed by atoms with Crippen molar-refractivity contribution in [3.63, 3.8) is 0 Å². The summed E-state index contributed by atoms with van der Waals surface area (Å²) in [5, 5.41) is 5.77. The molecule has 4 rings (SSSR count). The number of amides is 2. The number of imide groups is 1. The van der Waals surface area contributed by atoms with E-state index in [1.165, 1.54) is 11.3 Å². The van der Waals surface area contributed by atoms with Crippen LogP contribution >= 0.6 is 34.5 Å². The molecule has 4 nitrogen and oxygen atoms in total. The molecule has 1 aromatic heterocycles. The number of thiophene rings is 1. The first-order chi connectivity index (χ1) is 13.8. The van der Waals surface area contributed by atoms with E-state index in [2.05, 4.69) is 5.32 Å². The predicted octanol–water partition coefficient (Wildman–Crippen LogP) is 6.07. The molecule has 0 spiro atoms. The summed E-state index contributed by atoms with van der Waals surface area (Å²) in [5.41, 5.74) is 3.71. The average Bonchev–Trinajstić information content (AvgIpc) is 3.24. The van der Waals surface area contributed by atoms with Gasteiger partial charge in [0, 0.05) is 20.6 Å². The van der Waals surface area contributed by atoms with Crippen LogP contribution in [0.25, 0.3) is 5.57 Å². The zero-order valence-electron chi connectivity index (χ0n) is 15.6. The lowest BCUT2D eigenvalue weighted by molar-refractivity contribution is -0.120. The fraction of sp³-hybridized carbons (Fsp3) is 0.0909. The van der Waals surface area contributed by atoms with Crippen LogP contribution < -0.4 is 10.2 Å². The summed E-state index contributed by atoms with van der Waals surface area (Å²) in [6.07, 6.45) is 0. The largest absolute Gasteiger partial charge is 0.350 e. The van der Waals surface area contributed by atoms with Gasteiger partial charge in [0.05, 0.1) is 11.3 Å². The zero-order valence-corrected chi connectivity index (χ0v) is 18.0. The highest BCUT2D eigenvalue weighted by molar-refractivity contribution is 7.11. The lowest BCUT2D eigenvalue weighted by atomic mass is 10.1. The quantitative estimate of drug-likeness (QED) is 0.498. The molecule has 0 saturated heterocycles. The van der Waals surface area contributed by atoms with Crippen LogP contribution in [0.1, 0.15) is 16.0 Å². The molecule has 7 heteroatoms. The van der Waals surface area contributed by atoms with Gasteiger partial charge in [-0.3, -0.25) is 9.59 Å². The first-order valence-electron chi connectivity index (χ1n) is 8.82. The Balaban J connectivity index is 1.84. The Morgan fingerprint density at radius 1 is 0.931 bits per heavy atom. The van der Waals surface area contributed by atoms with Crippen molar-refractivity contribution in [1.82, 2.24) is 0 Å². The van der Waals surface area contributed by atoms with Gasteiger partial charge < -0.3 is 5.32 Å². The number of hydrogen-bond acceptors (Lipinski definition) is 4. The summed E-state index contributed by atoms with van der Waals surface area (Å²) in [7, 11) is 0. The zero-order chi connectivity index (χ0) is 20.7. The molecule has 146 valence electrons. The molecule has 1 aliphatic heterocycles. The number of nitrogens with zero attached hydrogens (tertiary/aromatic N) is 1. The summed E-state index contributed by atoms with van der Waals surface area (Å²) in [6.45, 7) is 3.92. The highest BCUT2D eigenvalue weighted by atomic mass is 35.5. The van der Waals surface area contributed by atoms with E-state index in [1.54, 1.807) is 18.2 Å². The first kappa shape index (κ1) is 19.7. The lowest BCUT2D eigenvalue weighted by Crippen LogP contribution is -2.32. The maximum absolute atomic E-state index is 13.3. The van der Waals surface area contributed by atoms with Gasteiger partial charge in [-0.05, 0) is 60.7 Å². The van der Waals surface area contributed by atoms with Crippen molar-refractivity contribution in [2.45, 2.75) is 13.8 Å². The van der Waals surface area contributed by atoms with Crippen LogP contribution in [0.2, 0.25) is 10.0 Å². The topological polar surface area (TPSA) is 49.4 Å². The van der Waals surface area contributed by atoms with E-state index in [0.29, 0.717) is 26.2 Å². The van der Waals surface area contributed by atoms with E-state index in [-0.39, 0.29) is 5.70 Å². The Hall–Kier alpha value is -2.60. The molecular formula is C22H16Cl2N2O2S. The molecule has 0 saturated carbocycles. The molecule has 0 atom stereocenters. The second-order valence-corrected chi connectivity index (χ2v) is 8.56. The third kappa shape index (κ3) is 3.69. The van der Waals surface area contributed by atoms with E-state index in [9.17, 15) is 9.59 Å². The maximum atomic E-state index is 13.3. The van der Waals surface area contributed by atoms with Gasteiger partial charge in [-0.25, -0.2) is 4.90 Å². The summed E-state index contributed by atoms with van der Waals surface area (Å²) in [4.78, 5) is 28.5. The summed E-state index contributed by atoms with van der Waals surface area (Å²) in [5.74, 6) is -0.860. The van der Waals surface area contributed by atoms with E-state index in [0.717, 1.165) is 21.7 Å². The fourth-order valence-corrected chi connectivity index (χ4v) is 4.49. The number of benzene rings is 2. The van der Waals surface area contributed by atoms with Gasteiger partial charge in [0.15, 0.2) is 0 Å². The molecular weight excluding hydrogens is 427 g/mol. The van der Waals surface area contributed by atoms with Crippen LogP contribution in [-0.2, 0) is 9.59 Å². The summed E-state index contributed by atoms with van der Waals surface area (Å²) >= 11 is 13.6. The van der Waals surface area contributed by atoms with Crippen LogP contribution in [0.15, 0.2) is 59.6 Å². The predicted molar refractivity (Wildman–Crippen MR) is 120 cm³/mol. The number of nitrogens with one attached hydrogen (secondary N) is 1. The highest BCUT2D eigenvalue weighted by Crippen LogP contribution is 2.37. The van der Waals surface area contributed by atoms with Gasteiger partial charge in [0.25, 0.3) is 11.8 Å². The number of carbonyl (C=O) groups excluding carboxylic acids is 2. The van der Waals surface area contributed by atoms with Gasteiger partial charge in [0.2, 0.25) is 0 Å². The molecule has 2 amide bonds. The van der Waals surface area contributed by atoms with Gasteiger partial charge in [0.1, 0.15) is 5.70 Å². The molecule has 1 N–H and O–H groups in total. The van der Waals surface area contributed by atoms with E-state index < -0.39 is 11.8 Å². The van der Waals surface area contributed by atoms with Crippen molar-refractivity contribution < 1.29 is 9.59 Å². The van der Waals surface area contributed by atoms with E-state index in [4.69, 9.17) is 23.2 Å². The Morgan fingerprint density at radius 3 is 2.31 bits per heavy atom. The molecule has 0 fully saturated rings. The van der Waals surface area contributed by atoms with Crippen molar-refractivity contribution in [3.8, 4) is 0 Å². The standard InChI is InChI=1S/C22H16Cl2N2O2S/c1-12-5-6-13(2)17(8-12)25-20-19(18-4-3-7-29-18)21(27)26(22(20)28)16-10-14(23)9-15(24)11-16/h3-11,25H,1-2H3. The molecule has 1 aliphatic rings. The number of carbonyl (C=O) groups is 2. The second kappa shape index (κ2) is 7.67. The molecule has 0 unspecified atom stereocenters. The average molecular weight is 443 g/mol. The second-order valence-electron chi connectivity index (χ2n) is 6.74. The Labute approximate surface area is 182 Å². The van der Waals surface area contributed by atoms with Gasteiger partial charge in [-0.2, -0.15) is 0 Å². The third-order valence-corrected chi connectivity index (χ3v) is 5.93. The van der Waals surface area contributed by atoms with Crippen molar-refractivity contribution >= 4 is 63.3 Å². The van der Waals surface area contributed by atoms with Crippen LogP contribution in [0, 0.1) is 13.8 Å². The fourth-order valence-electron chi connectivity index (χ4n) is 3.20. The number of rotatable bonds is 4. The number of anilines is 2. The van der Waals surface area contributed by atoms with Crippen LogP contribution in [0.4, 0.5) is 11.4 Å². The maximum Gasteiger partial charge on any atom is 0.282 e. The Bertz CT molecular complexity index is 1150. The van der Waals surface area contributed by atoms with Crippen molar-refractivity contribution in [2.24, 2.45) is 0 Å². The Kier molecular flexibility index (Phi) is 5.21. The molecule has 29 heavy (non-hydrogen) atoms. The molecule has 0 radical (unpaired) electrons. The minimum absolute atomic E-state index is 0.238. The van der Waals surface area contributed by atoms with Crippen LogP contribution in [0.3, 0.4) is 0 Å². The first-order valence-corrected chi connectivity index (χ1v) is 10.5. The number of hydrogen-bond donors (Lipinski definition) is 1. The molecule has 2 aromatic carbocycles. The minimum atomic E-state index is -0.447. The molecule has 2 heterocycles. The highest BCUT2D eigenvalue weighted by Gasteiger charge is 2.41. The van der Waals surface area contributed by atoms with Crippen molar-refractivity contribution in [1.29, 1.82) is 0 Å². The number of halogens is 2. The van der Waals surface area contributed by atoms with Crippen LogP contribution in [0.5, 0.6) is 0 Å². The SMILES string of the molecule is Cc1ccc(C)c(NC2=C(c3cccs3)C(=O)N(c3cc(Cl)cc(Cl)c3)C2=O)c1. The van der Waals surface area contributed by atoms with E-state index in [1.807, 2.05) is 49.6 Å². The monoisotopic (exact) mass is 442 g/mol. The van der Waals surface area contributed by atoms with Crippen LogP contribution in [-0.4, -0.2) is 11.8 Å². The van der Waals surface area contributed by atoms with Gasteiger partial charge in [-0.1, -0.05) is 41.4 Å². The molecule has 3 aromatic rings. The number of aryl methyl sites for hydroxylation is 2. The third-order valence-electron chi connectivity index (χ3n) is 4.61. The normalized spacial score (nSPS) is 14.1.